The summed E-state index contributed by atoms with van der Waals surface area (Å²) in [6, 6.07) is 13.7. The van der Waals surface area contributed by atoms with Crippen molar-refractivity contribution in [3.05, 3.63) is 65.6 Å². The number of imidazole rings is 1. The number of rotatable bonds is 5. The quantitative estimate of drug-likeness (QED) is 0.500. The number of phenols is 1. The molecule has 4 rings (SSSR count). The van der Waals surface area contributed by atoms with Crippen LogP contribution in [0.4, 0.5) is 10.5 Å². The molecule has 1 aromatic heterocycles. The van der Waals surface area contributed by atoms with Gasteiger partial charge in [0.1, 0.15) is 5.75 Å². The van der Waals surface area contributed by atoms with Gasteiger partial charge in [0.2, 0.25) is 0 Å². The zero-order valence-electron chi connectivity index (χ0n) is 17.5. The first-order valence-corrected chi connectivity index (χ1v) is 11.0. The Bertz CT molecular complexity index is 1130. The Hall–Kier alpha value is -3.50. The van der Waals surface area contributed by atoms with Crippen LogP contribution in [0.1, 0.15) is 31.2 Å². The van der Waals surface area contributed by atoms with Crippen LogP contribution in [0.3, 0.4) is 0 Å². The number of carbonyl (C=O) groups excluding carboxylic acids is 1. The van der Waals surface area contributed by atoms with E-state index in [4.69, 9.17) is 16.9 Å². The summed E-state index contributed by atoms with van der Waals surface area (Å²) in [7, 11) is 0. The number of nitrogens with zero attached hydrogens (tertiary/aromatic N) is 3. The summed E-state index contributed by atoms with van der Waals surface area (Å²) < 4.78 is 2.06. The highest BCUT2D eigenvalue weighted by Crippen LogP contribution is 2.33. The molecule has 0 unspecified atom stereocenters. The normalized spacial score (nSPS) is 18.0. The van der Waals surface area contributed by atoms with E-state index in [1.807, 2.05) is 0 Å². The van der Waals surface area contributed by atoms with Crippen molar-refractivity contribution >= 4 is 23.3 Å². The second-order valence-corrected chi connectivity index (χ2v) is 8.53. The molecule has 1 saturated carbocycles. The van der Waals surface area contributed by atoms with Gasteiger partial charge in [-0.25, -0.2) is 9.78 Å². The number of benzene rings is 2. The fourth-order valence-electron chi connectivity index (χ4n) is 4.15. The molecule has 3 aromatic rings. The lowest BCUT2D eigenvalue weighted by Gasteiger charge is -2.29. The lowest BCUT2D eigenvalue weighted by Crippen LogP contribution is -2.40. The van der Waals surface area contributed by atoms with Gasteiger partial charge in [0.15, 0.2) is 0 Å². The van der Waals surface area contributed by atoms with Crippen LogP contribution in [0.2, 0.25) is 5.02 Å². The smallest absolute Gasteiger partial charge is 0.319 e. The second kappa shape index (κ2) is 9.75. The predicted molar refractivity (Wildman–Crippen MR) is 123 cm³/mol. The SMILES string of the molecule is N#Cc1ccc(NC(=O)NC2CCC(Cn3cncc3-c3cc(Cl)ccc3O)CC2)cc1. The third kappa shape index (κ3) is 5.21. The summed E-state index contributed by atoms with van der Waals surface area (Å²) >= 11 is 6.11. The highest BCUT2D eigenvalue weighted by molar-refractivity contribution is 6.30. The van der Waals surface area contributed by atoms with Gasteiger partial charge in [-0.05, 0) is 74.1 Å². The molecule has 0 spiro atoms. The van der Waals surface area contributed by atoms with Crippen molar-refractivity contribution in [1.29, 1.82) is 5.26 Å². The topological polar surface area (TPSA) is 103 Å². The van der Waals surface area contributed by atoms with E-state index >= 15 is 0 Å². The first-order chi connectivity index (χ1) is 15.5. The molecule has 0 radical (unpaired) electrons. The molecule has 7 nitrogen and oxygen atoms in total. The Balaban J connectivity index is 1.29. The minimum atomic E-state index is -0.230. The fourth-order valence-corrected chi connectivity index (χ4v) is 4.32. The summed E-state index contributed by atoms with van der Waals surface area (Å²) in [4.78, 5) is 16.6. The summed E-state index contributed by atoms with van der Waals surface area (Å²) in [5, 5.41) is 25.5. The van der Waals surface area contributed by atoms with Crippen molar-refractivity contribution in [3.8, 4) is 23.1 Å². The number of amides is 2. The van der Waals surface area contributed by atoms with Gasteiger partial charge in [0, 0.05) is 28.9 Å². The molecular formula is C24H24ClN5O2. The molecule has 0 aliphatic heterocycles. The average Bonchev–Trinajstić information content (AvgIpc) is 3.25. The molecule has 1 aliphatic carbocycles. The van der Waals surface area contributed by atoms with Crippen LogP contribution in [0.25, 0.3) is 11.3 Å². The van der Waals surface area contributed by atoms with E-state index in [1.54, 1.807) is 55.0 Å². The largest absolute Gasteiger partial charge is 0.507 e. The van der Waals surface area contributed by atoms with Gasteiger partial charge in [-0.3, -0.25) is 0 Å². The van der Waals surface area contributed by atoms with E-state index in [1.165, 1.54) is 0 Å². The Morgan fingerprint density at radius 3 is 2.66 bits per heavy atom. The molecule has 3 N–H and O–H groups in total. The van der Waals surface area contributed by atoms with Gasteiger partial charge < -0.3 is 20.3 Å². The minimum Gasteiger partial charge on any atom is -0.507 e. The van der Waals surface area contributed by atoms with Crippen molar-refractivity contribution in [2.45, 2.75) is 38.3 Å². The summed E-state index contributed by atoms with van der Waals surface area (Å²) in [5.74, 6) is 0.640. The van der Waals surface area contributed by atoms with Crippen LogP contribution in [0.15, 0.2) is 55.0 Å². The average molecular weight is 450 g/mol. The highest BCUT2D eigenvalue weighted by atomic mass is 35.5. The molecule has 32 heavy (non-hydrogen) atoms. The maximum atomic E-state index is 12.3. The molecule has 0 saturated heterocycles. The molecule has 2 amide bonds. The van der Waals surface area contributed by atoms with E-state index in [0.29, 0.717) is 27.8 Å². The van der Waals surface area contributed by atoms with Gasteiger partial charge in [0.05, 0.1) is 29.9 Å². The zero-order chi connectivity index (χ0) is 22.5. The zero-order valence-corrected chi connectivity index (χ0v) is 18.2. The lowest BCUT2D eigenvalue weighted by atomic mass is 9.86. The molecule has 0 bridgehead atoms. The van der Waals surface area contributed by atoms with Gasteiger partial charge >= 0.3 is 6.03 Å². The van der Waals surface area contributed by atoms with Gasteiger partial charge in [-0.2, -0.15) is 5.26 Å². The number of aromatic hydroxyl groups is 1. The van der Waals surface area contributed by atoms with Crippen LogP contribution in [-0.4, -0.2) is 26.7 Å². The van der Waals surface area contributed by atoms with Crippen LogP contribution in [0, 0.1) is 17.2 Å². The van der Waals surface area contributed by atoms with Crippen LogP contribution in [-0.2, 0) is 6.54 Å². The molecule has 2 aromatic carbocycles. The molecule has 0 atom stereocenters. The Morgan fingerprint density at radius 2 is 1.94 bits per heavy atom. The Labute approximate surface area is 191 Å². The lowest BCUT2D eigenvalue weighted by molar-refractivity contribution is 0.234. The third-order valence-electron chi connectivity index (χ3n) is 5.86. The van der Waals surface area contributed by atoms with Crippen molar-refractivity contribution in [2.24, 2.45) is 5.92 Å². The van der Waals surface area contributed by atoms with Crippen molar-refractivity contribution < 1.29 is 9.90 Å². The number of carbonyl (C=O) groups is 1. The van der Waals surface area contributed by atoms with E-state index in [2.05, 4.69) is 26.3 Å². The number of urea groups is 1. The van der Waals surface area contributed by atoms with E-state index in [0.717, 1.165) is 37.9 Å². The number of hydrogen-bond acceptors (Lipinski definition) is 4. The number of nitrogens with one attached hydrogen (secondary N) is 2. The Morgan fingerprint density at radius 1 is 1.19 bits per heavy atom. The monoisotopic (exact) mass is 449 g/mol. The van der Waals surface area contributed by atoms with Crippen LogP contribution >= 0.6 is 11.6 Å². The summed E-state index contributed by atoms with van der Waals surface area (Å²) in [6.45, 7) is 0.797. The molecule has 1 fully saturated rings. The van der Waals surface area contributed by atoms with E-state index in [9.17, 15) is 9.90 Å². The van der Waals surface area contributed by atoms with Gasteiger partial charge in [-0.15, -0.1) is 0 Å². The van der Waals surface area contributed by atoms with E-state index < -0.39 is 0 Å². The first kappa shape index (κ1) is 21.7. The number of aromatic nitrogens is 2. The van der Waals surface area contributed by atoms with Crippen molar-refractivity contribution in [2.75, 3.05) is 5.32 Å². The standard InChI is InChI=1S/C24H24ClN5O2/c25-18-5-10-23(31)21(11-18)22-13-27-15-30(22)14-17-3-8-20(9-4-17)29-24(32)28-19-6-1-16(12-26)2-7-19/h1-2,5-7,10-11,13,15,17,20,31H,3-4,8-9,14H2,(H2,28,29,32). The predicted octanol–water partition coefficient (Wildman–Crippen LogP) is 5.16. The number of phenolic OH excluding ortho intramolecular Hbond substituents is 1. The maximum Gasteiger partial charge on any atom is 0.319 e. The molecule has 1 aliphatic rings. The summed E-state index contributed by atoms with van der Waals surface area (Å²) in [6.07, 6.45) is 7.30. The number of nitriles is 1. The first-order valence-electron chi connectivity index (χ1n) is 10.6. The minimum absolute atomic E-state index is 0.129. The van der Waals surface area contributed by atoms with Crippen LogP contribution in [0.5, 0.6) is 5.75 Å². The molecule has 1 heterocycles. The summed E-state index contributed by atoms with van der Waals surface area (Å²) in [5.41, 5.74) is 2.73. The third-order valence-corrected chi connectivity index (χ3v) is 6.09. The van der Waals surface area contributed by atoms with Gasteiger partial charge in [0.25, 0.3) is 0 Å². The maximum absolute atomic E-state index is 12.3. The molecule has 164 valence electrons. The number of halogens is 1. The van der Waals surface area contributed by atoms with Crippen molar-refractivity contribution in [1.82, 2.24) is 14.9 Å². The second-order valence-electron chi connectivity index (χ2n) is 8.10. The van der Waals surface area contributed by atoms with Crippen molar-refractivity contribution in [3.63, 3.8) is 0 Å². The van der Waals surface area contributed by atoms with Crippen LogP contribution < -0.4 is 10.6 Å². The Kier molecular flexibility index (Phi) is 6.62. The van der Waals surface area contributed by atoms with Gasteiger partial charge in [-0.1, -0.05) is 11.6 Å². The number of hydrogen-bond donors (Lipinski definition) is 3. The van der Waals surface area contributed by atoms with E-state index in [-0.39, 0.29) is 17.8 Å². The number of anilines is 1. The molecular weight excluding hydrogens is 426 g/mol. The fraction of sp³-hybridized carbons (Fsp3) is 0.292. The molecule has 8 heteroatoms. The highest BCUT2D eigenvalue weighted by Gasteiger charge is 2.24.